The van der Waals surface area contributed by atoms with Crippen LogP contribution in [0.4, 0.5) is 0 Å². The summed E-state index contributed by atoms with van der Waals surface area (Å²) in [5, 5.41) is 7.99. The van der Waals surface area contributed by atoms with E-state index in [-0.39, 0.29) is 18.7 Å². The zero-order chi connectivity index (χ0) is 19.5. The van der Waals surface area contributed by atoms with Crippen LogP contribution >= 0.6 is 0 Å². The average Bonchev–Trinajstić information content (AvgIpc) is 3.14. The minimum atomic E-state index is -0.529. The summed E-state index contributed by atoms with van der Waals surface area (Å²) in [5.74, 6) is -0.529. The monoisotopic (exact) mass is 375 g/mol. The maximum absolute atomic E-state index is 12.6. The van der Waals surface area contributed by atoms with Gasteiger partial charge in [0.25, 0.3) is 5.56 Å². The molecule has 28 heavy (non-hydrogen) atoms. The Balaban J connectivity index is 1.55. The van der Waals surface area contributed by atoms with E-state index in [9.17, 15) is 9.59 Å². The van der Waals surface area contributed by atoms with E-state index in [0.29, 0.717) is 5.65 Å². The lowest BCUT2D eigenvalue weighted by Gasteiger charge is -2.07. The van der Waals surface area contributed by atoms with E-state index in [1.807, 2.05) is 61.5 Å². The van der Waals surface area contributed by atoms with E-state index in [2.05, 4.69) is 15.3 Å². The first kappa shape index (κ1) is 17.6. The van der Waals surface area contributed by atoms with E-state index in [1.165, 1.54) is 15.6 Å². The summed E-state index contributed by atoms with van der Waals surface area (Å²) in [5.41, 5.74) is 2.67. The van der Waals surface area contributed by atoms with Crippen molar-refractivity contribution in [3.05, 3.63) is 82.4 Å². The van der Waals surface area contributed by atoms with Gasteiger partial charge in [-0.25, -0.2) is 4.98 Å². The van der Waals surface area contributed by atoms with Gasteiger partial charge in [-0.2, -0.15) is 4.68 Å². The highest BCUT2D eigenvalue weighted by atomic mass is 16.5. The fraction of sp³-hybridized carbons (Fsp3) is 0.150. The zero-order valence-corrected chi connectivity index (χ0v) is 15.1. The van der Waals surface area contributed by atoms with Crippen LogP contribution < -0.4 is 5.56 Å². The zero-order valence-electron chi connectivity index (χ0n) is 15.1. The normalized spacial score (nSPS) is 10.9. The first-order chi connectivity index (χ1) is 13.6. The molecule has 0 radical (unpaired) electrons. The van der Waals surface area contributed by atoms with Crippen LogP contribution in [-0.4, -0.2) is 30.5 Å². The van der Waals surface area contributed by atoms with Gasteiger partial charge in [0.05, 0.1) is 5.69 Å². The van der Waals surface area contributed by atoms with Crippen molar-refractivity contribution in [2.24, 2.45) is 0 Å². The van der Waals surface area contributed by atoms with Crippen LogP contribution in [0.25, 0.3) is 16.9 Å². The van der Waals surface area contributed by atoms with Crippen molar-refractivity contribution in [2.45, 2.75) is 20.1 Å². The molecule has 0 aliphatic carbocycles. The Morgan fingerprint density at radius 1 is 1.11 bits per heavy atom. The Morgan fingerprint density at radius 3 is 2.71 bits per heavy atom. The van der Waals surface area contributed by atoms with Gasteiger partial charge in [0.1, 0.15) is 19.5 Å². The molecule has 8 heteroatoms. The third kappa shape index (κ3) is 3.52. The van der Waals surface area contributed by atoms with Gasteiger partial charge in [-0.05, 0) is 30.2 Å². The summed E-state index contributed by atoms with van der Waals surface area (Å²) < 4.78 is 7.89. The Morgan fingerprint density at radius 2 is 1.93 bits per heavy atom. The Labute approximate surface area is 160 Å². The summed E-state index contributed by atoms with van der Waals surface area (Å²) in [6, 6.07) is 17.0. The third-order valence-electron chi connectivity index (χ3n) is 4.22. The van der Waals surface area contributed by atoms with E-state index in [4.69, 9.17) is 4.74 Å². The largest absolute Gasteiger partial charge is 0.459 e. The lowest BCUT2D eigenvalue weighted by Crippen LogP contribution is -2.26. The summed E-state index contributed by atoms with van der Waals surface area (Å²) in [4.78, 5) is 29.0. The van der Waals surface area contributed by atoms with Crippen molar-refractivity contribution in [1.29, 1.82) is 0 Å². The van der Waals surface area contributed by atoms with E-state index >= 15 is 0 Å². The highest BCUT2D eigenvalue weighted by Crippen LogP contribution is 2.13. The molecule has 2 aromatic heterocycles. The molecule has 4 rings (SSSR count). The molecule has 0 spiro atoms. The van der Waals surface area contributed by atoms with Crippen LogP contribution in [0.3, 0.4) is 0 Å². The molecule has 0 aliphatic rings. The second-order valence-corrected chi connectivity index (χ2v) is 6.34. The van der Waals surface area contributed by atoms with Crippen LogP contribution in [-0.2, 0) is 22.7 Å². The molecule has 0 saturated carbocycles. The van der Waals surface area contributed by atoms with E-state index in [0.717, 1.165) is 16.8 Å². The van der Waals surface area contributed by atoms with E-state index in [1.54, 1.807) is 0 Å². The topological polar surface area (TPSA) is 91.9 Å². The fourth-order valence-electron chi connectivity index (χ4n) is 2.81. The first-order valence-corrected chi connectivity index (χ1v) is 8.69. The molecule has 4 aromatic rings. The molecule has 140 valence electrons. The summed E-state index contributed by atoms with van der Waals surface area (Å²) in [6.07, 6.45) is 1.31. The highest BCUT2D eigenvalue weighted by molar-refractivity contribution is 5.72. The molecule has 0 fully saturated rings. The minimum Gasteiger partial charge on any atom is -0.459 e. The van der Waals surface area contributed by atoms with Crippen LogP contribution in [0.1, 0.15) is 11.1 Å². The lowest BCUT2D eigenvalue weighted by molar-refractivity contribution is -0.145. The molecule has 0 N–H and O–H groups in total. The molecule has 8 nitrogen and oxygen atoms in total. The Hall–Kier alpha value is -3.81. The van der Waals surface area contributed by atoms with Gasteiger partial charge in [0, 0.05) is 0 Å². The number of hydrogen-bond donors (Lipinski definition) is 0. The summed E-state index contributed by atoms with van der Waals surface area (Å²) >= 11 is 0. The Kier molecular flexibility index (Phi) is 4.67. The number of rotatable bonds is 5. The first-order valence-electron chi connectivity index (χ1n) is 8.69. The van der Waals surface area contributed by atoms with Crippen molar-refractivity contribution < 1.29 is 9.53 Å². The number of aromatic nitrogens is 5. The molecule has 0 aliphatic heterocycles. The molecule has 2 heterocycles. The van der Waals surface area contributed by atoms with Gasteiger partial charge in [0.15, 0.2) is 11.2 Å². The standard InChI is InChI=1S/C20H17N5O3/c1-14-6-5-9-16(10-14)25-19-18(22-23-25)20(27)24(13-21-19)11-17(26)28-12-15-7-3-2-4-8-15/h2-10,13H,11-12H2,1H3. The van der Waals surface area contributed by atoms with Crippen molar-refractivity contribution in [3.63, 3.8) is 0 Å². The van der Waals surface area contributed by atoms with Gasteiger partial charge >= 0.3 is 5.97 Å². The highest BCUT2D eigenvalue weighted by Gasteiger charge is 2.15. The smallest absolute Gasteiger partial charge is 0.326 e. The predicted octanol–water partition coefficient (Wildman–Crippen LogP) is 2.03. The van der Waals surface area contributed by atoms with Crippen LogP contribution in [0.2, 0.25) is 0 Å². The van der Waals surface area contributed by atoms with Gasteiger partial charge in [-0.15, -0.1) is 5.10 Å². The molecule has 0 amide bonds. The number of nitrogens with zero attached hydrogens (tertiary/aromatic N) is 5. The summed E-state index contributed by atoms with van der Waals surface area (Å²) in [7, 11) is 0. The van der Waals surface area contributed by atoms with Gasteiger partial charge in [-0.3, -0.25) is 14.2 Å². The minimum absolute atomic E-state index is 0.0971. The van der Waals surface area contributed by atoms with Gasteiger partial charge in [-0.1, -0.05) is 47.7 Å². The van der Waals surface area contributed by atoms with Gasteiger partial charge < -0.3 is 4.74 Å². The van der Waals surface area contributed by atoms with Crippen molar-refractivity contribution in [2.75, 3.05) is 0 Å². The maximum atomic E-state index is 12.6. The number of esters is 1. The number of benzene rings is 2. The van der Waals surface area contributed by atoms with Crippen molar-refractivity contribution in [3.8, 4) is 5.69 Å². The fourth-order valence-corrected chi connectivity index (χ4v) is 2.81. The second-order valence-electron chi connectivity index (χ2n) is 6.34. The molecule has 0 atom stereocenters. The number of hydrogen-bond acceptors (Lipinski definition) is 6. The number of aryl methyl sites for hydroxylation is 1. The van der Waals surface area contributed by atoms with Crippen molar-refractivity contribution >= 4 is 17.1 Å². The molecular weight excluding hydrogens is 358 g/mol. The van der Waals surface area contributed by atoms with Gasteiger partial charge in [0.2, 0.25) is 0 Å². The third-order valence-corrected chi connectivity index (χ3v) is 4.22. The number of carbonyl (C=O) groups is 1. The number of ether oxygens (including phenoxy) is 1. The van der Waals surface area contributed by atoms with E-state index < -0.39 is 11.5 Å². The maximum Gasteiger partial charge on any atom is 0.326 e. The molecule has 0 saturated heterocycles. The van der Waals surface area contributed by atoms with Crippen LogP contribution in [0, 0.1) is 6.92 Å². The quantitative estimate of drug-likeness (QED) is 0.496. The van der Waals surface area contributed by atoms with Crippen LogP contribution in [0.15, 0.2) is 65.7 Å². The molecule has 0 bridgehead atoms. The predicted molar refractivity (Wildman–Crippen MR) is 102 cm³/mol. The van der Waals surface area contributed by atoms with Crippen LogP contribution in [0.5, 0.6) is 0 Å². The molecular formula is C20H17N5O3. The summed E-state index contributed by atoms with van der Waals surface area (Å²) in [6.45, 7) is 1.86. The molecule has 2 aromatic carbocycles. The molecule has 0 unspecified atom stereocenters. The average molecular weight is 375 g/mol. The lowest BCUT2D eigenvalue weighted by atomic mass is 10.2. The number of carbonyl (C=O) groups excluding carboxylic acids is 1. The second kappa shape index (κ2) is 7.43. The number of fused-ring (bicyclic) bond motifs is 1. The Bertz CT molecular complexity index is 1200. The van der Waals surface area contributed by atoms with Crippen molar-refractivity contribution in [1.82, 2.24) is 24.5 Å². The SMILES string of the molecule is Cc1cccc(-n2nnc3c(=O)n(CC(=O)OCc4ccccc4)cnc32)c1.